The van der Waals surface area contributed by atoms with Crippen molar-refractivity contribution in [1.82, 2.24) is 5.32 Å². The Balaban J connectivity index is 2.23. The molecule has 1 aliphatic rings. The highest BCUT2D eigenvalue weighted by Crippen LogP contribution is 2.28. The molecule has 0 aromatic rings. The summed E-state index contributed by atoms with van der Waals surface area (Å²) in [7, 11) is 2.00. The Morgan fingerprint density at radius 2 is 2.00 bits per heavy atom. The Hall–Kier alpha value is -0.120. The largest absolute Gasteiger partial charge is 0.375 e. The van der Waals surface area contributed by atoms with Gasteiger partial charge < -0.3 is 14.8 Å². The molecule has 0 aromatic carbocycles. The third kappa shape index (κ3) is 4.57. The maximum Gasteiger partial charge on any atom is 0.0990 e. The van der Waals surface area contributed by atoms with Crippen molar-refractivity contribution in [2.75, 3.05) is 20.3 Å². The Kier molecular flexibility index (Phi) is 7.09. The molecule has 0 aromatic heterocycles. The van der Waals surface area contributed by atoms with Crippen molar-refractivity contribution in [2.45, 2.75) is 64.7 Å². The average Bonchev–Trinajstić information content (AvgIpc) is 2.29. The molecule has 0 spiro atoms. The van der Waals surface area contributed by atoms with Gasteiger partial charge in [-0.15, -0.1) is 0 Å². The fourth-order valence-electron chi connectivity index (χ4n) is 2.37. The summed E-state index contributed by atoms with van der Waals surface area (Å²) in [5.74, 6) is 0.667. The Morgan fingerprint density at radius 3 is 2.59 bits per heavy atom. The van der Waals surface area contributed by atoms with Crippen molar-refractivity contribution in [3.05, 3.63) is 0 Å². The summed E-state index contributed by atoms with van der Waals surface area (Å²) >= 11 is 0. The molecule has 0 radical (unpaired) electrons. The summed E-state index contributed by atoms with van der Waals surface area (Å²) in [5.41, 5.74) is 0. The van der Waals surface area contributed by atoms with Crippen molar-refractivity contribution in [1.29, 1.82) is 0 Å². The van der Waals surface area contributed by atoms with Crippen molar-refractivity contribution in [3.63, 3.8) is 0 Å². The highest BCUT2D eigenvalue weighted by Gasteiger charge is 2.41. The van der Waals surface area contributed by atoms with E-state index < -0.39 is 0 Å². The summed E-state index contributed by atoms with van der Waals surface area (Å²) in [4.78, 5) is 0. The minimum Gasteiger partial charge on any atom is -0.375 e. The average molecular weight is 243 g/mol. The number of likely N-dealkylation sites (N-methyl/N-ethyl adjacent to an activating group) is 1. The topological polar surface area (TPSA) is 30.5 Å². The molecule has 1 aliphatic carbocycles. The molecular weight excluding hydrogens is 214 g/mol. The summed E-state index contributed by atoms with van der Waals surface area (Å²) in [5, 5.41) is 3.30. The van der Waals surface area contributed by atoms with Gasteiger partial charge in [-0.1, -0.05) is 27.2 Å². The van der Waals surface area contributed by atoms with E-state index in [0.29, 0.717) is 18.1 Å². The van der Waals surface area contributed by atoms with Crippen LogP contribution >= 0.6 is 0 Å². The van der Waals surface area contributed by atoms with Crippen molar-refractivity contribution in [2.24, 2.45) is 5.92 Å². The van der Waals surface area contributed by atoms with Crippen LogP contribution < -0.4 is 5.32 Å². The molecule has 0 saturated heterocycles. The second-order valence-corrected chi connectivity index (χ2v) is 5.23. The molecule has 0 amide bonds. The lowest BCUT2D eigenvalue weighted by Gasteiger charge is -2.44. The summed E-state index contributed by atoms with van der Waals surface area (Å²) in [6, 6.07) is 0.480. The van der Waals surface area contributed by atoms with E-state index in [9.17, 15) is 0 Å². The Morgan fingerprint density at radius 1 is 1.24 bits per heavy atom. The quantitative estimate of drug-likeness (QED) is 0.675. The van der Waals surface area contributed by atoms with Crippen LogP contribution in [0.1, 0.15) is 46.5 Å². The van der Waals surface area contributed by atoms with Gasteiger partial charge in [0.25, 0.3) is 0 Å². The van der Waals surface area contributed by atoms with Crippen molar-refractivity contribution in [3.8, 4) is 0 Å². The standard InChI is InChI=1S/C14H29NO2/c1-5-7-11(3)10-17-13-9-12(15-4)14(13)16-8-6-2/h11-15H,5-10H2,1-4H3. The number of rotatable bonds is 9. The van der Waals surface area contributed by atoms with E-state index in [1.165, 1.54) is 12.8 Å². The van der Waals surface area contributed by atoms with Crippen LogP contribution in [0.15, 0.2) is 0 Å². The van der Waals surface area contributed by atoms with Crippen molar-refractivity contribution < 1.29 is 9.47 Å². The fraction of sp³-hybridized carbons (Fsp3) is 1.00. The van der Waals surface area contributed by atoms with Crippen LogP contribution in [0.5, 0.6) is 0 Å². The van der Waals surface area contributed by atoms with Gasteiger partial charge in [-0.05, 0) is 32.2 Å². The van der Waals surface area contributed by atoms with Gasteiger partial charge in [0.05, 0.1) is 12.2 Å². The molecule has 1 fully saturated rings. The number of ether oxygens (including phenoxy) is 2. The zero-order chi connectivity index (χ0) is 12.7. The normalized spacial score (nSPS) is 30.0. The van der Waals surface area contributed by atoms with Crippen LogP contribution in [0.4, 0.5) is 0 Å². The molecule has 102 valence electrons. The monoisotopic (exact) mass is 243 g/mol. The van der Waals surface area contributed by atoms with Gasteiger partial charge in [0.2, 0.25) is 0 Å². The van der Waals surface area contributed by atoms with Crippen LogP contribution in [0.2, 0.25) is 0 Å². The fourth-order valence-corrected chi connectivity index (χ4v) is 2.37. The van der Waals surface area contributed by atoms with Gasteiger partial charge in [-0.3, -0.25) is 0 Å². The van der Waals surface area contributed by atoms with E-state index in [4.69, 9.17) is 9.47 Å². The Labute approximate surface area is 106 Å². The molecule has 3 heteroatoms. The molecule has 17 heavy (non-hydrogen) atoms. The smallest absolute Gasteiger partial charge is 0.0990 e. The maximum absolute atomic E-state index is 5.97. The van der Waals surface area contributed by atoms with E-state index >= 15 is 0 Å². The van der Waals surface area contributed by atoms with Gasteiger partial charge in [-0.2, -0.15) is 0 Å². The van der Waals surface area contributed by atoms with Crippen LogP contribution in [-0.4, -0.2) is 38.5 Å². The van der Waals surface area contributed by atoms with Gasteiger partial charge in [0, 0.05) is 19.3 Å². The first kappa shape index (κ1) is 14.9. The lowest BCUT2D eigenvalue weighted by molar-refractivity contribution is -0.150. The zero-order valence-electron chi connectivity index (χ0n) is 11.9. The summed E-state index contributed by atoms with van der Waals surface area (Å²) in [6.45, 7) is 8.35. The minimum absolute atomic E-state index is 0.258. The molecule has 0 heterocycles. The van der Waals surface area contributed by atoms with Crippen LogP contribution in [-0.2, 0) is 9.47 Å². The van der Waals surface area contributed by atoms with Crippen LogP contribution in [0, 0.1) is 5.92 Å². The van der Waals surface area contributed by atoms with Crippen LogP contribution in [0.25, 0.3) is 0 Å². The first-order chi connectivity index (χ1) is 8.22. The SMILES string of the molecule is CCCOC1C(NC)CC1OCC(C)CCC. The third-order valence-corrected chi connectivity index (χ3v) is 3.51. The second kappa shape index (κ2) is 8.06. The number of hydrogen-bond acceptors (Lipinski definition) is 3. The van der Waals surface area contributed by atoms with E-state index in [1.54, 1.807) is 0 Å². The molecule has 3 nitrogen and oxygen atoms in total. The third-order valence-electron chi connectivity index (χ3n) is 3.51. The lowest BCUT2D eigenvalue weighted by Crippen LogP contribution is -2.59. The molecule has 1 saturated carbocycles. The first-order valence-corrected chi connectivity index (χ1v) is 7.13. The van der Waals surface area contributed by atoms with Crippen molar-refractivity contribution >= 4 is 0 Å². The van der Waals surface area contributed by atoms with Gasteiger partial charge in [-0.25, -0.2) is 0 Å². The van der Waals surface area contributed by atoms with Crippen LogP contribution in [0.3, 0.4) is 0 Å². The molecule has 4 unspecified atom stereocenters. The summed E-state index contributed by atoms with van der Waals surface area (Å²) in [6.07, 6.45) is 5.22. The maximum atomic E-state index is 5.97. The van der Waals surface area contributed by atoms with E-state index in [1.807, 2.05) is 7.05 Å². The predicted molar refractivity (Wildman–Crippen MR) is 71.3 cm³/mol. The predicted octanol–water partition coefficient (Wildman–Crippen LogP) is 2.59. The highest BCUT2D eigenvalue weighted by atomic mass is 16.5. The molecule has 1 rings (SSSR count). The number of hydrogen-bond donors (Lipinski definition) is 1. The summed E-state index contributed by atoms with van der Waals surface area (Å²) < 4.78 is 11.8. The molecule has 0 bridgehead atoms. The Bertz CT molecular complexity index is 199. The molecular formula is C14H29NO2. The van der Waals surface area contributed by atoms with Gasteiger partial charge in [0.15, 0.2) is 0 Å². The first-order valence-electron chi connectivity index (χ1n) is 7.13. The van der Waals surface area contributed by atoms with Gasteiger partial charge in [0.1, 0.15) is 0 Å². The zero-order valence-corrected chi connectivity index (χ0v) is 11.9. The lowest BCUT2D eigenvalue weighted by atomic mass is 9.85. The van der Waals surface area contributed by atoms with Gasteiger partial charge >= 0.3 is 0 Å². The molecule has 4 atom stereocenters. The van der Waals surface area contributed by atoms with E-state index in [2.05, 4.69) is 26.1 Å². The van der Waals surface area contributed by atoms with E-state index in [0.717, 1.165) is 26.1 Å². The van der Waals surface area contributed by atoms with E-state index in [-0.39, 0.29) is 6.10 Å². The number of nitrogens with one attached hydrogen (secondary N) is 1. The highest BCUT2D eigenvalue weighted by molar-refractivity contribution is 4.96. The minimum atomic E-state index is 0.258. The molecule has 0 aliphatic heterocycles. The second-order valence-electron chi connectivity index (χ2n) is 5.23. The molecule has 1 N–H and O–H groups in total.